The summed E-state index contributed by atoms with van der Waals surface area (Å²) < 4.78 is 60.7. The largest absolute Gasteiger partial charge is 0.490 e. The van der Waals surface area contributed by atoms with Gasteiger partial charge in [0.1, 0.15) is 23.7 Å². The first-order valence-electron chi connectivity index (χ1n) is 13.3. The number of alkyl halides is 3. The first-order valence-corrected chi connectivity index (χ1v) is 13.3. The SMILES string of the molecule is CC(C)(C)OC(=O)CC1CCc2cc3ccc(OCc4ccc(OC5CCCC5)c(C(F)(F)F)c4)cc3n21. The molecule has 0 saturated heterocycles. The Morgan fingerprint density at radius 1 is 1.00 bits per heavy atom. The van der Waals surface area contributed by atoms with Gasteiger partial charge in [-0.1, -0.05) is 6.07 Å². The zero-order chi connectivity index (χ0) is 27.1. The average molecular weight is 530 g/mol. The number of aryl methyl sites for hydroxylation is 1. The van der Waals surface area contributed by atoms with Crippen LogP contribution in [0.15, 0.2) is 42.5 Å². The van der Waals surface area contributed by atoms with Gasteiger partial charge in [-0.05, 0) is 95.2 Å². The van der Waals surface area contributed by atoms with Gasteiger partial charge < -0.3 is 18.8 Å². The number of rotatable bonds is 7. The van der Waals surface area contributed by atoms with E-state index in [1.165, 1.54) is 6.07 Å². The topological polar surface area (TPSA) is 49.7 Å². The number of nitrogens with zero attached hydrogens (tertiary/aromatic N) is 1. The summed E-state index contributed by atoms with van der Waals surface area (Å²) in [5.74, 6) is 0.209. The van der Waals surface area contributed by atoms with Crippen molar-refractivity contribution in [3.63, 3.8) is 0 Å². The summed E-state index contributed by atoms with van der Waals surface area (Å²) in [7, 11) is 0. The van der Waals surface area contributed by atoms with Gasteiger partial charge in [-0.15, -0.1) is 0 Å². The van der Waals surface area contributed by atoms with Gasteiger partial charge in [0.25, 0.3) is 0 Å². The molecule has 1 aromatic heterocycles. The molecule has 5 nitrogen and oxygen atoms in total. The van der Waals surface area contributed by atoms with Gasteiger partial charge in [-0.3, -0.25) is 4.79 Å². The number of esters is 1. The molecule has 0 amide bonds. The Kier molecular flexibility index (Phi) is 7.09. The smallest absolute Gasteiger partial charge is 0.419 e. The quantitative estimate of drug-likeness (QED) is 0.293. The van der Waals surface area contributed by atoms with Crippen LogP contribution in [-0.4, -0.2) is 22.2 Å². The van der Waals surface area contributed by atoms with Crippen LogP contribution in [0.4, 0.5) is 13.2 Å². The second-order valence-electron chi connectivity index (χ2n) is 11.4. The molecule has 1 unspecified atom stereocenters. The highest BCUT2D eigenvalue weighted by molar-refractivity contribution is 5.84. The van der Waals surface area contributed by atoms with Gasteiger partial charge in [0.05, 0.1) is 23.6 Å². The van der Waals surface area contributed by atoms with E-state index in [0.717, 1.165) is 61.2 Å². The number of carbonyl (C=O) groups excluding carboxylic acids is 1. The molecule has 0 N–H and O–H groups in total. The third-order valence-electron chi connectivity index (χ3n) is 7.16. The summed E-state index contributed by atoms with van der Waals surface area (Å²) in [6, 6.07) is 11.9. The van der Waals surface area contributed by atoms with E-state index in [1.807, 2.05) is 39.0 Å². The molecule has 2 heterocycles. The molecule has 0 bridgehead atoms. The Bertz CT molecular complexity index is 1320. The van der Waals surface area contributed by atoms with Gasteiger partial charge in [-0.25, -0.2) is 0 Å². The maximum Gasteiger partial charge on any atom is 0.419 e. The second kappa shape index (κ2) is 10.2. The van der Waals surface area contributed by atoms with E-state index in [4.69, 9.17) is 14.2 Å². The van der Waals surface area contributed by atoms with Crippen molar-refractivity contribution in [3.05, 3.63) is 59.3 Å². The number of ether oxygens (including phenoxy) is 3. The van der Waals surface area contributed by atoms with Gasteiger partial charge >= 0.3 is 12.1 Å². The van der Waals surface area contributed by atoms with Crippen LogP contribution in [0.5, 0.6) is 11.5 Å². The highest BCUT2D eigenvalue weighted by Crippen LogP contribution is 2.39. The van der Waals surface area contributed by atoms with Crippen molar-refractivity contribution in [2.75, 3.05) is 0 Å². The van der Waals surface area contributed by atoms with Gasteiger partial charge in [-0.2, -0.15) is 13.2 Å². The molecule has 3 aromatic rings. The van der Waals surface area contributed by atoms with E-state index in [9.17, 15) is 18.0 Å². The van der Waals surface area contributed by atoms with Crippen molar-refractivity contribution in [1.82, 2.24) is 4.57 Å². The average Bonchev–Trinajstić information content (AvgIpc) is 3.54. The maximum absolute atomic E-state index is 13.8. The molecular weight excluding hydrogens is 495 g/mol. The van der Waals surface area contributed by atoms with E-state index in [-0.39, 0.29) is 36.9 Å². The van der Waals surface area contributed by atoms with Crippen LogP contribution in [0.1, 0.15) is 82.2 Å². The Balaban J connectivity index is 1.32. The molecular formula is C30H34F3NO4. The molecule has 2 aliphatic rings. The number of aromatic nitrogens is 1. The highest BCUT2D eigenvalue weighted by Gasteiger charge is 2.36. The fraction of sp³-hybridized carbons (Fsp3) is 0.500. The molecule has 1 fully saturated rings. The van der Waals surface area contributed by atoms with Crippen molar-refractivity contribution in [2.24, 2.45) is 0 Å². The molecule has 1 saturated carbocycles. The standard InChI is InChI=1S/C30H34F3NO4/c1-29(2,3)38-28(35)16-22-11-10-21-15-20-9-12-24(17-26(20)34(21)22)36-18-19-8-13-27(25(14-19)30(31,32)33)37-23-6-4-5-7-23/h8-9,12-15,17,22-23H,4-7,10-11,16,18H2,1-3H3. The molecule has 8 heteroatoms. The number of benzene rings is 2. The summed E-state index contributed by atoms with van der Waals surface area (Å²) >= 11 is 0. The van der Waals surface area contributed by atoms with E-state index in [0.29, 0.717) is 11.3 Å². The predicted octanol–water partition coefficient (Wildman–Crippen LogP) is 7.78. The third-order valence-corrected chi connectivity index (χ3v) is 7.16. The molecule has 1 atom stereocenters. The lowest BCUT2D eigenvalue weighted by Crippen LogP contribution is -2.25. The number of hydrogen-bond donors (Lipinski definition) is 0. The summed E-state index contributed by atoms with van der Waals surface area (Å²) in [4.78, 5) is 12.5. The normalized spacial score (nSPS) is 18.1. The van der Waals surface area contributed by atoms with Crippen LogP contribution in [0, 0.1) is 0 Å². The Labute approximate surface area is 220 Å². The number of fused-ring (bicyclic) bond motifs is 3. The molecule has 1 aliphatic heterocycles. The van der Waals surface area contributed by atoms with Crippen LogP contribution >= 0.6 is 0 Å². The lowest BCUT2D eigenvalue weighted by molar-refractivity contribution is -0.155. The summed E-state index contributed by atoms with van der Waals surface area (Å²) in [6.07, 6.45) is 0.864. The van der Waals surface area contributed by atoms with Crippen LogP contribution in [0.3, 0.4) is 0 Å². The molecule has 38 heavy (non-hydrogen) atoms. The summed E-state index contributed by atoms with van der Waals surface area (Å²) in [5, 5.41) is 1.04. The minimum Gasteiger partial charge on any atom is -0.490 e. The maximum atomic E-state index is 13.8. The van der Waals surface area contributed by atoms with Crippen molar-refractivity contribution >= 4 is 16.9 Å². The molecule has 0 spiro atoms. The van der Waals surface area contributed by atoms with E-state index < -0.39 is 17.3 Å². The molecule has 5 rings (SSSR count). The van der Waals surface area contributed by atoms with Crippen LogP contribution in [0.25, 0.3) is 10.9 Å². The van der Waals surface area contributed by atoms with Crippen molar-refractivity contribution in [3.8, 4) is 11.5 Å². The monoisotopic (exact) mass is 529 g/mol. The molecule has 204 valence electrons. The fourth-order valence-corrected chi connectivity index (χ4v) is 5.53. The second-order valence-corrected chi connectivity index (χ2v) is 11.4. The molecule has 0 radical (unpaired) electrons. The lowest BCUT2D eigenvalue weighted by atomic mass is 10.1. The van der Waals surface area contributed by atoms with Crippen LogP contribution in [-0.2, 0) is 28.7 Å². The minimum absolute atomic E-state index is 0.00523. The van der Waals surface area contributed by atoms with Crippen molar-refractivity contribution < 1.29 is 32.2 Å². The van der Waals surface area contributed by atoms with Crippen molar-refractivity contribution in [1.29, 1.82) is 0 Å². The first kappa shape index (κ1) is 26.4. The number of carbonyl (C=O) groups is 1. The van der Waals surface area contributed by atoms with E-state index in [2.05, 4.69) is 10.6 Å². The van der Waals surface area contributed by atoms with E-state index in [1.54, 1.807) is 6.07 Å². The predicted molar refractivity (Wildman–Crippen MR) is 138 cm³/mol. The van der Waals surface area contributed by atoms with Crippen LogP contribution in [0.2, 0.25) is 0 Å². The molecule has 1 aliphatic carbocycles. The van der Waals surface area contributed by atoms with Gasteiger partial charge in [0.2, 0.25) is 0 Å². The van der Waals surface area contributed by atoms with E-state index >= 15 is 0 Å². The lowest BCUT2D eigenvalue weighted by Gasteiger charge is -2.22. The van der Waals surface area contributed by atoms with Crippen LogP contribution < -0.4 is 9.47 Å². The summed E-state index contributed by atoms with van der Waals surface area (Å²) in [5.41, 5.74) is 1.21. The fourth-order valence-electron chi connectivity index (χ4n) is 5.53. The Morgan fingerprint density at radius 2 is 1.76 bits per heavy atom. The zero-order valence-electron chi connectivity index (χ0n) is 22.1. The summed E-state index contributed by atoms with van der Waals surface area (Å²) in [6.45, 7) is 5.56. The first-order chi connectivity index (χ1) is 18.0. The minimum atomic E-state index is -4.52. The Hall–Kier alpha value is -3.16. The van der Waals surface area contributed by atoms with Gasteiger partial charge in [0.15, 0.2) is 0 Å². The van der Waals surface area contributed by atoms with Crippen molar-refractivity contribution in [2.45, 2.75) is 96.2 Å². The Morgan fingerprint density at radius 3 is 2.47 bits per heavy atom. The molecule has 2 aromatic carbocycles. The zero-order valence-corrected chi connectivity index (χ0v) is 22.1. The number of halogens is 3. The van der Waals surface area contributed by atoms with Gasteiger partial charge in [0, 0.05) is 23.2 Å². The third kappa shape index (κ3) is 5.94. The number of hydrogen-bond acceptors (Lipinski definition) is 4. The highest BCUT2D eigenvalue weighted by atomic mass is 19.4.